The minimum atomic E-state index is -0.887. The number of methoxy groups -OCH3 is 1. The average Bonchev–Trinajstić information content (AvgIpc) is 2.90. The Bertz CT molecular complexity index is 1110. The van der Waals surface area contributed by atoms with E-state index < -0.39 is 17.6 Å². The van der Waals surface area contributed by atoms with Gasteiger partial charge in [0.15, 0.2) is 0 Å². The normalized spacial score (nSPS) is 12.3. The number of benzene rings is 4. The molecule has 1 N–H and O–H groups in total. The van der Waals surface area contributed by atoms with Gasteiger partial charge in [0.1, 0.15) is 11.8 Å². The van der Waals surface area contributed by atoms with Crippen molar-refractivity contribution in [1.29, 1.82) is 0 Å². The van der Waals surface area contributed by atoms with Gasteiger partial charge in [0.05, 0.1) is 12.6 Å². The van der Waals surface area contributed by atoms with Gasteiger partial charge < -0.3 is 9.84 Å². The second-order valence-corrected chi connectivity index (χ2v) is 8.26. The predicted molar refractivity (Wildman–Crippen MR) is 135 cm³/mol. The number of rotatable bonds is 9. The van der Waals surface area contributed by atoms with Crippen LogP contribution in [0.3, 0.4) is 0 Å². The molecule has 0 spiro atoms. The van der Waals surface area contributed by atoms with Gasteiger partial charge in [-0.3, -0.25) is 9.69 Å². The molecule has 1 atom stereocenters. The van der Waals surface area contributed by atoms with Crippen LogP contribution in [0.4, 0.5) is 0 Å². The van der Waals surface area contributed by atoms with Crippen molar-refractivity contribution in [3.63, 3.8) is 0 Å². The van der Waals surface area contributed by atoms with Crippen LogP contribution in [0.2, 0.25) is 0 Å². The topological polar surface area (TPSA) is 49.8 Å². The van der Waals surface area contributed by atoms with Crippen molar-refractivity contribution < 1.29 is 14.6 Å². The Hall–Kier alpha value is -3.89. The van der Waals surface area contributed by atoms with E-state index in [-0.39, 0.29) is 0 Å². The highest BCUT2D eigenvalue weighted by Gasteiger charge is 2.46. The summed E-state index contributed by atoms with van der Waals surface area (Å²) >= 11 is 0. The van der Waals surface area contributed by atoms with Gasteiger partial charge in [0.2, 0.25) is 0 Å². The third-order valence-corrected chi connectivity index (χ3v) is 6.36. The summed E-state index contributed by atoms with van der Waals surface area (Å²) in [7, 11) is 1.64. The number of nitrogens with zero attached hydrogens (tertiary/aromatic N) is 1. The Kier molecular flexibility index (Phi) is 7.09. The molecule has 172 valence electrons. The Labute approximate surface area is 201 Å². The maximum absolute atomic E-state index is 12.6. The third kappa shape index (κ3) is 4.33. The van der Waals surface area contributed by atoms with E-state index in [1.54, 1.807) is 14.0 Å². The van der Waals surface area contributed by atoms with Crippen LogP contribution < -0.4 is 4.74 Å². The minimum absolute atomic E-state index is 0.371. The first kappa shape index (κ1) is 23.3. The van der Waals surface area contributed by atoms with Crippen LogP contribution in [0.25, 0.3) is 0 Å². The molecule has 0 heterocycles. The molecule has 0 saturated carbocycles. The lowest BCUT2D eigenvalue weighted by Gasteiger charge is -2.47. The molecular weight excluding hydrogens is 422 g/mol. The van der Waals surface area contributed by atoms with Crippen LogP contribution >= 0.6 is 0 Å². The van der Waals surface area contributed by atoms with Gasteiger partial charge in [-0.15, -0.1) is 0 Å². The summed E-state index contributed by atoms with van der Waals surface area (Å²) in [6, 6.07) is 37.4. The predicted octanol–water partition coefficient (Wildman–Crippen LogP) is 5.96. The first-order chi connectivity index (χ1) is 16.6. The Balaban J connectivity index is 2.07. The highest BCUT2D eigenvalue weighted by atomic mass is 16.5. The van der Waals surface area contributed by atoms with Gasteiger partial charge in [0.25, 0.3) is 0 Å². The van der Waals surface area contributed by atoms with E-state index in [9.17, 15) is 9.90 Å². The molecule has 4 aromatic rings. The number of hydrogen-bond donors (Lipinski definition) is 1. The van der Waals surface area contributed by atoms with Gasteiger partial charge >= 0.3 is 5.97 Å². The van der Waals surface area contributed by atoms with Crippen molar-refractivity contribution in [3.05, 3.63) is 138 Å². The van der Waals surface area contributed by atoms with Gasteiger partial charge in [0, 0.05) is 12.1 Å². The zero-order valence-corrected chi connectivity index (χ0v) is 19.5. The second kappa shape index (κ2) is 10.4. The minimum Gasteiger partial charge on any atom is -0.496 e. The second-order valence-electron chi connectivity index (χ2n) is 8.26. The molecule has 0 amide bonds. The summed E-state index contributed by atoms with van der Waals surface area (Å²) in [5, 5.41) is 10.3. The number of aliphatic carboxylic acids is 1. The zero-order valence-electron chi connectivity index (χ0n) is 19.5. The van der Waals surface area contributed by atoms with E-state index in [4.69, 9.17) is 4.74 Å². The average molecular weight is 452 g/mol. The monoisotopic (exact) mass is 451 g/mol. The maximum atomic E-state index is 12.6. The number of carboxylic acids is 1. The fourth-order valence-electron chi connectivity index (χ4n) is 4.73. The van der Waals surface area contributed by atoms with Gasteiger partial charge in [-0.05, 0) is 29.7 Å². The van der Waals surface area contributed by atoms with Gasteiger partial charge in [-0.2, -0.15) is 0 Å². The summed E-state index contributed by atoms with van der Waals surface area (Å²) in [6.45, 7) is 2.12. The number of hydrogen-bond acceptors (Lipinski definition) is 3. The van der Waals surface area contributed by atoms with Crippen molar-refractivity contribution in [3.8, 4) is 5.75 Å². The quantitative estimate of drug-likeness (QED) is 0.319. The molecule has 0 aliphatic heterocycles. The summed E-state index contributed by atoms with van der Waals surface area (Å²) < 4.78 is 5.64. The van der Waals surface area contributed by atoms with Crippen molar-refractivity contribution in [2.75, 3.05) is 7.11 Å². The molecule has 0 aromatic heterocycles. The molecule has 34 heavy (non-hydrogen) atoms. The van der Waals surface area contributed by atoms with Crippen LogP contribution in [0.5, 0.6) is 5.75 Å². The molecule has 0 saturated heterocycles. The van der Waals surface area contributed by atoms with Crippen molar-refractivity contribution in [1.82, 2.24) is 4.90 Å². The maximum Gasteiger partial charge on any atom is 0.320 e. The molecule has 1 unspecified atom stereocenters. The lowest BCUT2D eigenvalue weighted by Crippen LogP contribution is -2.54. The van der Waals surface area contributed by atoms with Crippen LogP contribution in [0, 0.1) is 0 Å². The standard InChI is InChI=1S/C30H29NO3/c1-23(29(32)33)31(22-24-14-12-13-21-28(24)34-2)30(25-15-6-3-7-16-25,26-17-8-4-9-18-26)27-19-10-5-11-20-27/h3-21,23H,22H2,1-2H3,(H,32,33). The van der Waals surface area contributed by atoms with E-state index in [1.807, 2.05) is 78.9 Å². The van der Waals surface area contributed by atoms with Crippen LogP contribution in [0.15, 0.2) is 115 Å². The Morgan fingerprint density at radius 3 is 1.59 bits per heavy atom. The first-order valence-corrected chi connectivity index (χ1v) is 11.4. The van der Waals surface area contributed by atoms with E-state index >= 15 is 0 Å². The van der Waals surface area contributed by atoms with Crippen molar-refractivity contribution in [2.24, 2.45) is 0 Å². The molecule has 0 aliphatic carbocycles. The Morgan fingerprint density at radius 2 is 1.18 bits per heavy atom. The first-order valence-electron chi connectivity index (χ1n) is 11.4. The molecule has 4 aromatic carbocycles. The summed E-state index contributed by atoms with van der Waals surface area (Å²) in [4.78, 5) is 14.6. The van der Waals surface area contributed by atoms with Gasteiger partial charge in [-0.25, -0.2) is 0 Å². The molecular formula is C30H29NO3. The van der Waals surface area contributed by atoms with Crippen LogP contribution in [-0.4, -0.2) is 29.1 Å². The van der Waals surface area contributed by atoms with Gasteiger partial charge in [-0.1, -0.05) is 109 Å². The zero-order chi connectivity index (χ0) is 24.0. The molecule has 4 heteroatoms. The fourth-order valence-corrected chi connectivity index (χ4v) is 4.73. The van der Waals surface area contributed by atoms with E-state index in [1.165, 1.54) is 0 Å². The molecule has 0 fully saturated rings. The summed E-state index contributed by atoms with van der Waals surface area (Å²) in [6.07, 6.45) is 0. The van der Waals surface area contributed by atoms with E-state index in [2.05, 4.69) is 41.3 Å². The van der Waals surface area contributed by atoms with E-state index in [0.717, 1.165) is 28.0 Å². The fraction of sp³-hybridized carbons (Fsp3) is 0.167. The van der Waals surface area contributed by atoms with E-state index in [0.29, 0.717) is 6.54 Å². The van der Waals surface area contributed by atoms with Crippen LogP contribution in [-0.2, 0) is 16.9 Å². The molecule has 0 aliphatic rings. The lowest BCUT2D eigenvalue weighted by molar-refractivity contribution is -0.144. The number of carbonyl (C=O) groups is 1. The molecule has 0 radical (unpaired) electrons. The smallest absolute Gasteiger partial charge is 0.320 e. The van der Waals surface area contributed by atoms with Crippen molar-refractivity contribution >= 4 is 5.97 Å². The summed E-state index contributed by atoms with van der Waals surface area (Å²) in [5.74, 6) is -0.157. The highest BCUT2D eigenvalue weighted by Crippen LogP contribution is 2.44. The van der Waals surface area contributed by atoms with Crippen molar-refractivity contribution in [2.45, 2.75) is 25.0 Å². The third-order valence-electron chi connectivity index (χ3n) is 6.36. The number of carboxylic acid groups (broad SMARTS) is 1. The number of ether oxygens (including phenoxy) is 1. The lowest BCUT2D eigenvalue weighted by atomic mass is 9.74. The SMILES string of the molecule is COc1ccccc1CN(C(C)C(=O)O)C(c1ccccc1)(c1ccccc1)c1ccccc1. The van der Waals surface area contributed by atoms with Crippen LogP contribution in [0.1, 0.15) is 29.2 Å². The molecule has 4 nitrogen and oxygen atoms in total. The summed E-state index contributed by atoms with van der Waals surface area (Å²) in [5.41, 5.74) is 3.05. The number of para-hydroxylation sites is 1. The molecule has 4 rings (SSSR count). The largest absolute Gasteiger partial charge is 0.496 e. The molecule has 0 bridgehead atoms. The highest BCUT2D eigenvalue weighted by molar-refractivity contribution is 5.73. The Morgan fingerprint density at radius 1 is 0.765 bits per heavy atom.